The lowest BCUT2D eigenvalue weighted by molar-refractivity contribution is -0.115. The van der Waals surface area contributed by atoms with Crippen molar-refractivity contribution in [3.63, 3.8) is 0 Å². The topological polar surface area (TPSA) is 61.4 Å². The highest BCUT2D eigenvalue weighted by molar-refractivity contribution is 6.30. The number of para-hydroxylation sites is 1. The molecule has 0 fully saturated rings. The summed E-state index contributed by atoms with van der Waals surface area (Å²) in [4.78, 5) is 11.8. The highest BCUT2D eigenvalue weighted by Crippen LogP contribution is 2.20. The number of benzene rings is 2. The van der Waals surface area contributed by atoms with E-state index in [2.05, 4.69) is 10.6 Å². The Balaban J connectivity index is 1.93. The summed E-state index contributed by atoms with van der Waals surface area (Å²) in [5.41, 5.74) is 1.21. The lowest BCUT2D eigenvalue weighted by atomic mass is 10.1. The van der Waals surface area contributed by atoms with E-state index in [0.717, 1.165) is 0 Å². The number of halogens is 2. The molecule has 0 aliphatic carbocycles. The molecule has 116 valence electrons. The maximum absolute atomic E-state index is 13.4. The molecule has 0 aliphatic rings. The number of amides is 1. The van der Waals surface area contributed by atoms with E-state index in [9.17, 15) is 14.3 Å². The summed E-state index contributed by atoms with van der Waals surface area (Å²) in [6, 6.07) is 12.7. The first-order chi connectivity index (χ1) is 10.6. The van der Waals surface area contributed by atoms with Crippen molar-refractivity contribution in [2.45, 2.75) is 6.04 Å². The number of hydrogen-bond acceptors (Lipinski definition) is 3. The van der Waals surface area contributed by atoms with Gasteiger partial charge in [-0.3, -0.25) is 10.1 Å². The predicted molar refractivity (Wildman–Crippen MR) is 84.3 cm³/mol. The van der Waals surface area contributed by atoms with Gasteiger partial charge in [0, 0.05) is 5.69 Å². The van der Waals surface area contributed by atoms with Gasteiger partial charge in [0.1, 0.15) is 5.82 Å². The van der Waals surface area contributed by atoms with E-state index in [0.29, 0.717) is 11.3 Å². The number of carbonyl (C=O) groups is 1. The van der Waals surface area contributed by atoms with Crippen molar-refractivity contribution in [3.05, 3.63) is 64.9 Å². The highest BCUT2D eigenvalue weighted by atomic mass is 35.5. The first kappa shape index (κ1) is 16.4. The van der Waals surface area contributed by atoms with Crippen molar-refractivity contribution in [2.24, 2.45) is 0 Å². The minimum Gasteiger partial charge on any atom is -0.394 e. The summed E-state index contributed by atoms with van der Waals surface area (Å²) < 4.78 is 13.4. The van der Waals surface area contributed by atoms with Gasteiger partial charge < -0.3 is 10.4 Å². The predicted octanol–water partition coefficient (Wildman–Crippen LogP) is 2.74. The first-order valence-corrected chi connectivity index (χ1v) is 7.12. The minimum atomic E-state index is -0.562. The largest absolute Gasteiger partial charge is 0.394 e. The lowest BCUT2D eigenvalue weighted by Gasteiger charge is -2.17. The number of aliphatic hydroxyl groups is 1. The van der Waals surface area contributed by atoms with E-state index in [1.807, 2.05) is 18.2 Å². The maximum atomic E-state index is 13.4. The van der Waals surface area contributed by atoms with Crippen LogP contribution < -0.4 is 10.6 Å². The van der Waals surface area contributed by atoms with E-state index in [-0.39, 0.29) is 24.1 Å². The standard InChI is InChI=1S/C16H16ClFN2O2/c17-13-7-6-11(8-14(13)18)15(10-21)19-9-16(22)20-12-4-2-1-3-5-12/h1-8,15,19,21H,9-10H2,(H,20,22). The van der Waals surface area contributed by atoms with Crippen molar-refractivity contribution in [2.75, 3.05) is 18.5 Å². The van der Waals surface area contributed by atoms with Crippen molar-refractivity contribution in [3.8, 4) is 0 Å². The zero-order valence-electron chi connectivity index (χ0n) is 11.7. The van der Waals surface area contributed by atoms with E-state index in [1.165, 1.54) is 12.1 Å². The van der Waals surface area contributed by atoms with Crippen LogP contribution in [0.5, 0.6) is 0 Å². The monoisotopic (exact) mass is 322 g/mol. The van der Waals surface area contributed by atoms with Crippen LogP contribution in [0.25, 0.3) is 0 Å². The SMILES string of the molecule is O=C(CNC(CO)c1ccc(Cl)c(F)c1)Nc1ccccc1. The molecule has 0 saturated heterocycles. The zero-order valence-corrected chi connectivity index (χ0v) is 12.5. The third-order valence-corrected chi connectivity index (χ3v) is 3.40. The van der Waals surface area contributed by atoms with Crippen LogP contribution in [-0.2, 0) is 4.79 Å². The third-order valence-electron chi connectivity index (χ3n) is 3.10. The Kier molecular flexibility index (Phi) is 5.89. The summed E-state index contributed by atoms with van der Waals surface area (Å²) >= 11 is 5.62. The first-order valence-electron chi connectivity index (χ1n) is 6.74. The number of hydrogen-bond donors (Lipinski definition) is 3. The molecule has 1 amide bonds. The molecule has 0 aromatic heterocycles. The Morgan fingerprint density at radius 3 is 2.59 bits per heavy atom. The van der Waals surface area contributed by atoms with Crippen molar-refractivity contribution in [1.82, 2.24) is 5.32 Å². The number of anilines is 1. The molecule has 4 nitrogen and oxygen atoms in total. The third kappa shape index (κ3) is 4.53. The molecule has 6 heteroatoms. The molecular formula is C16H16ClFN2O2. The fourth-order valence-corrected chi connectivity index (χ4v) is 2.08. The quantitative estimate of drug-likeness (QED) is 0.766. The molecule has 3 N–H and O–H groups in total. The van der Waals surface area contributed by atoms with Gasteiger partial charge in [-0.25, -0.2) is 4.39 Å². The summed E-state index contributed by atoms with van der Waals surface area (Å²) in [7, 11) is 0. The van der Waals surface area contributed by atoms with Crippen LogP contribution in [0.3, 0.4) is 0 Å². The zero-order chi connectivity index (χ0) is 15.9. The Morgan fingerprint density at radius 1 is 1.23 bits per heavy atom. The van der Waals surface area contributed by atoms with Crippen LogP contribution in [0.4, 0.5) is 10.1 Å². The Morgan fingerprint density at radius 2 is 1.95 bits per heavy atom. The average Bonchev–Trinajstić information content (AvgIpc) is 2.52. The van der Waals surface area contributed by atoms with E-state index in [4.69, 9.17) is 11.6 Å². The molecule has 2 aromatic carbocycles. The molecule has 0 radical (unpaired) electrons. The number of rotatable bonds is 6. The number of carbonyl (C=O) groups excluding carboxylic acids is 1. The van der Waals surface area contributed by atoms with E-state index < -0.39 is 11.9 Å². The van der Waals surface area contributed by atoms with Gasteiger partial charge in [0.15, 0.2) is 0 Å². The maximum Gasteiger partial charge on any atom is 0.238 e. The van der Waals surface area contributed by atoms with Crippen molar-refractivity contribution < 1.29 is 14.3 Å². The normalized spacial score (nSPS) is 12.0. The molecule has 22 heavy (non-hydrogen) atoms. The smallest absolute Gasteiger partial charge is 0.238 e. The van der Waals surface area contributed by atoms with Gasteiger partial charge >= 0.3 is 0 Å². The molecule has 0 heterocycles. The average molecular weight is 323 g/mol. The van der Waals surface area contributed by atoms with Gasteiger partial charge in [-0.2, -0.15) is 0 Å². The number of nitrogens with one attached hydrogen (secondary N) is 2. The summed E-state index contributed by atoms with van der Waals surface area (Å²) in [5, 5.41) is 15.0. The van der Waals surface area contributed by atoms with Gasteiger partial charge in [0.05, 0.1) is 24.2 Å². The molecule has 0 aliphatic heterocycles. The molecule has 1 unspecified atom stereocenters. The van der Waals surface area contributed by atoms with Crippen LogP contribution in [0, 0.1) is 5.82 Å². The Bertz CT molecular complexity index is 637. The lowest BCUT2D eigenvalue weighted by Crippen LogP contribution is -2.33. The highest BCUT2D eigenvalue weighted by Gasteiger charge is 2.13. The summed E-state index contributed by atoms with van der Waals surface area (Å²) in [6.07, 6.45) is 0. The van der Waals surface area contributed by atoms with Gasteiger partial charge in [0.2, 0.25) is 5.91 Å². The summed E-state index contributed by atoms with van der Waals surface area (Å²) in [5.74, 6) is -0.813. The van der Waals surface area contributed by atoms with Crippen LogP contribution in [0.1, 0.15) is 11.6 Å². The van der Waals surface area contributed by atoms with Gasteiger partial charge in [-0.15, -0.1) is 0 Å². The molecule has 0 saturated carbocycles. The van der Waals surface area contributed by atoms with E-state index >= 15 is 0 Å². The molecule has 2 aromatic rings. The van der Waals surface area contributed by atoms with Crippen molar-refractivity contribution in [1.29, 1.82) is 0 Å². The van der Waals surface area contributed by atoms with E-state index in [1.54, 1.807) is 18.2 Å². The molecule has 2 rings (SSSR count). The van der Waals surface area contributed by atoms with Crippen LogP contribution >= 0.6 is 11.6 Å². The second-order valence-electron chi connectivity index (χ2n) is 4.70. The minimum absolute atomic E-state index is 0.00956. The molecule has 0 spiro atoms. The van der Waals surface area contributed by atoms with Gasteiger partial charge in [0.25, 0.3) is 0 Å². The fourth-order valence-electron chi connectivity index (χ4n) is 1.96. The second kappa shape index (κ2) is 7.89. The second-order valence-corrected chi connectivity index (χ2v) is 5.11. The molecule has 0 bridgehead atoms. The van der Waals surface area contributed by atoms with Crippen LogP contribution in [-0.4, -0.2) is 24.2 Å². The number of aliphatic hydroxyl groups excluding tert-OH is 1. The Labute approximate surface area is 132 Å². The van der Waals surface area contributed by atoms with Crippen molar-refractivity contribution >= 4 is 23.2 Å². The fraction of sp³-hybridized carbons (Fsp3) is 0.188. The van der Waals surface area contributed by atoms with Crippen LogP contribution in [0.15, 0.2) is 48.5 Å². The van der Waals surface area contributed by atoms with Crippen LogP contribution in [0.2, 0.25) is 5.02 Å². The molecule has 1 atom stereocenters. The summed E-state index contributed by atoms with van der Waals surface area (Å²) in [6.45, 7) is -0.274. The Hall–Kier alpha value is -1.95. The van der Waals surface area contributed by atoms with Gasteiger partial charge in [-0.05, 0) is 29.8 Å². The molecular weight excluding hydrogens is 307 g/mol. The van der Waals surface area contributed by atoms with Gasteiger partial charge in [-0.1, -0.05) is 35.9 Å².